The van der Waals surface area contributed by atoms with Gasteiger partial charge in [0.15, 0.2) is 6.61 Å². The Bertz CT molecular complexity index is 1120. The second kappa shape index (κ2) is 7.33. The largest absolute Gasteiger partial charge is 0.455 e. The van der Waals surface area contributed by atoms with E-state index in [0.717, 1.165) is 32.1 Å². The van der Waals surface area contributed by atoms with Gasteiger partial charge < -0.3 is 15.2 Å². The highest BCUT2D eigenvalue weighted by molar-refractivity contribution is 5.93. The van der Waals surface area contributed by atoms with Gasteiger partial charge in [-0.2, -0.15) is 0 Å². The number of hydrogen-bond donors (Lipinski definition) is 2. The average molecular weight is 440 g/mol. The third-order valence-electron chi connectivity index (χ3n) is 7.62. The highest BCUT2D eigenvalue weighted by Gasteiger charge is 2.60. The highest BCUT2D eigenvalue weighted by atomic mass is 16.5. The quantitative estimate of drug-likeness (QED) is 0.696. The maximum Gasteiger partial charge on any atom is 0.312 e. The third-order valence-corrected chi connectivity index (χ3v) is 7.62. The Morgan fingerprint density at radius 3 is 2.44 bits per heavy atom. The number of hydrogen-bond acceptors (Lipinski definition) is 5. The Morgan fingerprint density at radius 2 is 1.81 bits per heavy atom. The molecule has 6 rings (SSSR count). The first kappa shape index (κ1) is 21.0. The summed E-state index contributed by atoms with van der Waals surface area (Å²) in [6.45, 7) is 1.30. The molecule has 0 aliphatic heterocycles. The Labute approximate surface area is 186 Å². The zero-order valence-corrected chi connectivity index (χ0v) is 18.5. The summed E-state index contributed by atoms with van der Waals surface area (Å²) in [5.41, 5.74) is -0.339. The van der Waals surface area contributed by atoms with Gasteiger partial charge in [0.2, 0.25) is 0 Å². The highest BCUT2D eigenvalue weighted by Crippen LogP contribution is 2.61. The van der Waals surface area contributed by atoms with Gasteiger partial charge in [-0.25, -0.2) is 4.68 Å². The second-order valence-corrected chi connectivity index (χ2v) is 10.0. The minimum atomic E-state index is -0.769. The van der Waals surface area contributed by atoms with Gasteiger partial charge in [-0.05, 0) is 69.4 Å². The van der Waals surface area contributed by atoms with Crippen molar-refractivity contribution in [3.63, 3.8) is 0 Å². The molecule has 2 unspecified atom stereocenters. The lowest BCUT2D eigenvalue weighted by molar-refractivity contribution is -0.196. The number of aromatic nitrogens is 2. The van der Waals surface area contributed by atoms with E-state index in [4.69, 9.17) is 4.74 Å². The molecule has 1 aromatic carbocycles. The minimum Gasteiger partial charge on any atom is -0.455 e. The van der Waals surface area contributed by atoms with Gasteiger partial charge in [0.05, 0.1) is 22.4 Å². The Balaban J connectivity index is 1.27. The Morgan fingerprint density at radius 1 is 1.16 bits per heavy atom. The summed E-state index contributed by atoms with van der Waals surface area (Å²) in [4.78, 5) is 38.5. The Kier molecular flexibility index (Phi) is 4.81. The minimum absolute atomic E-state index is 0.168. The lowest BCUT2D eigenvalue weighted by atomic mass is 9.48. The summed E-state index contributed by atoms with van der Waals surface area (Å²) in [7, 11) is 1.75. The fourth-order valence-electron chi connectivity index (χ4n) is 6.62. The van der Waals surface area contributed by atoms with Gasteiger partial charge in [0.25, 0.3) is 11.5 Å². The number of nitrogens with zero attached hydrogens (tertiary/aromatic N) is 2. The van der Waals surface area contributed by atoms with Crippen LogP contribution in [-0.4, -0.2) is 38.6 Å². The molecule has 0 spiro atoms. The molecule has 1 heterocycles. The van der Waals surface area contributed by atoms with E-state index < -0.39 is 29.5 Å². The summed E-state index contributed by atoms with van der Waals surface area (Å²) < 4.78 is 8.58. The van der Waals surface area contributed by atoms with Gasteiger partial charge in [0, 0.05) is 7.05 Å². The van der Waals surface area contributed by atoms with E-state index >= 15 is 0 Å². The molecule has 1 aromatic heterocycles. The van der Waals surface area contributed by atoms with Crippen molar-refractivity contribution in [3.8, 4) is 5.69 Å². The van der Waals surface area contributed by atoms with Crippen LogP contribution in [0.2, 0.25) is 0 Å². The number of nitrogens with one attached hydrogen (secondary N) is 1. The van der Waals surface area contributed by atoms with Crippen LogP contribution in [0.15, 0.2) is 35.1 Å². The molecule has 4 bridgehead atoms. The van der Waals surface area contributed by atoms with Crippen LogP contribution in [0.5, 0.6) is 0 Å². The summed E-state index contributed by atoms with van der Waals surface area (Å²) in [6.07, 6.45) is 4.48. The van der Waals surface area contributed by atoms with E-state index in [0.29, 0.717) is 29.6 Å². The van der Waals surface area contributed by atoms with E-state index in [1.807, 2.05) is 30.3 Å². The molecule has 170 valence electrons. The summed E-state index contributed by atoms with van der Waals surface area (Å²) >= 11 is 0. The van der Waals surface area contributed by atoms with Gasteiger partial charge in [-0.1, -0.05) is 18.2 Å². The fraction of sp³-hybridized carbons (Fsp3) is 0.542. The molecule has 32 heavy (non-hydrogen) atoms. The number of aliphatic hydroxyl groups is 1. The van der Waals surface area contributed by atoms with E-state index in [2.05, 4.69) is 5.32 Å². The molecule has 0 radical (unpaired) electrons. The molecule has 4 atom stereocenters. The normalized spacial score (nSPS) is 30.3. The van der Waals surface area contributed by atoms with E-state index in [-0.39, 0.29) is 11.2 Å². The SMILES string of the molecule is Cc1c(NC(=O)COC(=O)C23C[C@@H]4C[C@@H](CC(O)(C4)C2)C3)c(=O)n(-c2ccccc2)n1C. The number of ether oxygens (including phenoxy) is 1. The number of amides is 1. The molecule has 0 saturated heterocycles. The first-order chi connectivity index (χ1) is 15.2. The standard InChI is InChI=1S/C24H29N3O5/c1-15-20(21(29)27(26(15)2)18-6-4-3-5-7-18)25-19(28)13-32-22(30)23-9-16-8-17(10-23)12-24(31,11-16)14-23/h3-7,16-17,31H,8-14H2,1-2H3,(H,25,28)/t16-,17+,23?,24?. The van der Waals surface area contributed by atoms with Crippen LogP contribution in [0.25, 0.3) is 5.69 Å². The van der Waals surface area contributed by atoms with Crippen molar-refractivity contribution in [2.24, 2.45) is 24.3 Å². The molecule has 4 saturated carbocycles. The Hall–Kier alpha value is -2.87. The molecule has 4 aliphatic rings. The number of carbonyl (C=O) groups excluding carboxylic acids is 2. The average Bonchev–Trinajstić information content (AvgIpc) is 2.94. The van der Waals surface area contributed by atoms with Crippen LogP contribution in [-0.2, 0) is 21.4 Å². The van der Waals surface area contributed by atoms with Crippen molar-refractivity contribution in [1.29, 1.82) is 0 Å². The van der Waals surface area contributed by atoms with Crippen LogP contribution < -0.4 is 10.9 Å². The zero-order chi connectivity index (χ0) is 22.7. The second-order valence-electron chi connectivity index (χ2n) is 10.0. The van der Waals surface area contributed by atoms with E-state index in [9.17, 15) is 19.5 Å². The first-order valence-corrected chi connectivity index (χ1v) is 11.2. The van der Waals surface area contributed by atoms with Crippen LogP contribution in [0.4, 0.5) is 5.69 Å². The maximum absolute atomic E-state index is 13.0. The third kappa shape index (κ3) is 3.37. The van der Waals surface area contributed by atoms with Gasteiger partial charge in [0.1, 0.15) is 5.69 Å². The number of rotatable bonds is 5. The van der Waals surface area contributed by atoms with E-state index in [1.54, 1.807) is 18.7 Å². The van der Waals surface area contributed by atoms with Crippen molar-refractivity contribution in [1.82, 2.24) is 9.36 Å². The molecule has 2 N–H and O–H groups in total. The van der Waals surface area contributed by atoms with Gasteiger partial charge in [-0.15, -0.1) is 0 Å². The van der Waals surface area contributed by atoms with Gasteiger partial charge >= 0.3 is 5.97 Å². The van der Waals surface area contributed by atoms with Crippen molar-refractivity contribution in [2.45, 2.75) is 51.0 Å². The molecule has 4 aliphatic carbocycles. The number of esters is 1. The van der Waals surface area contributed by atoms with Crippen molar-refractivity contribution in [2.75, 3.05) is 11.9 Å². The van der Waals surface area contributed by atoms with E-state index in [1.165, 1.54) is 4.68 Å². The van der Waals surface area contributed by atoms with Crippen LogP contribution in [0.1, 0.15) is 44.2 Å². The number of para-hydroxylation sites is 1. The van der Waals surface area contributed by atoms with Crippen LogP contribution in [0.3, 0.4) is 0 Å². The monoisotopic (exact) mass is 439 g/mol. The molecule has 4 fully saturated rings. The lowest BCUT2D eigenvalue weighted by Crippen LogP contribution is -2.58. The molecule has 8 nitrogen and oxygen atoms in total. The van der Waals surface area contributed by atoms with Crippen LogP contribution >= 0.6 is 0 Å². The zero-order valence-electron chi connectivity index (χ0n) is 18.5. The predicted molar refractivity (Wildman–Crippen MR) is 117 cm³/mol. The van der Waals surface area contributed by atoms with Crippen molar-refractivity contribution < 1.29 is 19.4 Å². The van der Waals surface area contributed by atoms with Crippen LogP contribution in [0, 0.1) is 24.2 Å². The smallest absolute Gasteiger partial charge is 0.312 e. The molecule has 1 amide bonds. The van der Waals surface area contributed by atoms with Crippen molar-refractivity contribution >= 4 is 17.6 Å². The number of carbonyl (C=O) groups is 2. The predicted octanol–water partition coefficient (Wildman–Crippen LogP) is 2.30. The molecule has 2 aromatic rings. The maximum atomic E-state index is 13.0. The molecule has 8 heteroatoms. The molecular weight excluding hydrogens is 410 g/mol. The summed E-state index contributed by atoms with van der Waals surface area (Å²) in [6, 6.07) is 9.16. The molecular formula is C24H29N3O5. The summed E-state index contributed by atoms with van der Waals surface area (Å²) in [5.74, 6) is -0.239. The van der Waals surface area contributed by atoms with Gasteiger partial charge in [-0.3, -0.25) is 19.1 Å². The number of benzene rings is 1. The first-order valence-electron chi connectivity index (χ1n) is 11.2. The topological polar surface area (TPSA) is 103 Å². The fourth-order valence-corrected chi connectivity index (χ4v) is 6.62. The summed E-state index contributed by atoms with van der Waals surface area (Å²) in [5, 5.41) is 13.5. The van der Waals surface area contributed by atoms with Crippen molar-refractivity contribution in [3.05, 3.63) is 46.4 Å². The number of anilines is 1. The lowest BCUT2D eigenvalue weighted by Gasteiger charge is -2.58.